The van der Waals surface area contributed by atoms with Gasteiger partial charge in [0.25, 0.3) is 0 Å². The summed E-state index contributed by atoms with van der Waals surface area (Å²) >= 11 is 0. The van der Waals surface area contributed by atoms with E-state index in [1.807, 2.05) is 0 Å². The van der Waals surface area contributed by atoms with E-state index in [9.17, 15) is 0 Å². The van der Waals surface area contributed by atoms with Crippen LogP contribution < -0.4 is 0 Å². The van der Waals surface area contributed by atoms with Crippen molar-refractivity contribution in [1.29, 1.82) is 0 Å². The molecule has 0 rings (SSSR count). The molecule has 6 nitrogen and oxygen atoms in total. The zero-order chi connectivity index (χ0) is 7.15. The molecule has 10 heavy (non-hydrogen) atoms. The van der Waals surface area contributed by atoms with Gasteiger partial charge in [-0.3, -0.25) is 0 Å². The minimum Gasteiger partial charge on any atom is -0.917 e. The maximum absolute atomic E-state index is 8.44. The molecule has 0 fully saturated rings. The number of hydrogen-bond acceptors (Lipinski definition) is 8. The molecular weight excluding hydrogens is 240 g/mol. The Morgan fingerprint density at radius 3 is 0.700 bits per heavy atom. The molecule has 0 aromatic carbocycles. The van der Waals surface area contributed by atoms with Crippen molar-refractivity contribution in [3.8, 4) is 0 Å². The Morgan fingerprint density at radius 2 is 0.700 bits per heavy atom. The third kappa shape index (κ3) is 165. The fourth-order valence-electron chi connectivity index (χ4n) is 0. The molecule has 0 radical (unpaired) electrons. The molecule has 0 aromatic rings. The quantitative estimate of drug-likeness (QED) is 0.211. The van der Waals surface area contributed by atoms with Crippen molar-refractivity contribution in [3.63, 3.8) is 0 Å². The summed E-state index contributed by atoms with van der Waals surface area (Å²) in [6.07, 6.45) is 0. The van der Waals surface area contributed by atoms with E-state index in [0.29, 0.717) is 0 Å². The van der Waals surface area contributed by atoms with Crippen molar-refractivity contribution in [2.75, 3.05) is 0 Å². The van der Waals surface area contributed by atoms with Crippen molar-refractivity contribution in [3.05, 3.63) is 0 Å². The van der Waals surface area contributed by atoms with Gasteiger partial charge in [-0.05, 0) is 0 Å². The monoisotopic (exact) mass is 240 g/mol. The summed E-state index contributed by atoms with van der Waals surface area (Å²) < 4.78 is 50.7. The molecule has 0 saturated heterocycles. The van der Waals surface area contributed by atoms with Crippen LogP contribution in [0.1, 0.15) is 0 Å². The summed E-state index contributed by atoms with van der Waals surface area (Å²) in [6, 6.07) is 0. The van der Waals surface area contributed by atoms with Crippen LogP contribution in [0, 0.1) is 0 Å². The zero-order valence-electron chi connectivity index (χ0n) is 4.68. The summed E-state index contributed by atoms with van der Waals surface area (Å²) in [7, 11) is -6.22. The number of hydrogen-bond donors (Lipinski definition) is 0. The fourth-order valence-corrected chi connectivity index (χ4v) is 0. The zero-order valence-corrected chi connectivity index (χ0v) is 10.7. The summed E-state index contributed by atoms with van der Waals surface area (Å²) in [5, 5.41) is 0. The normalized spacial score (nSPS) is 6.80. The van der Waals surface area contributed by atoms with Gasteiger partial charge in [-0.25, -0.2) is 0 Å². The average Bonchev–Trinajstić information content (AvgIpc) is 1.25. The van der Waals surface area contributed by atoms with Crippen molar-refractivity contribution < 1.29 is 25.9 Å². The van der Waals surface area contributed by atoms with Gasteiger partial charge in [0, 0.05) is 0 Å². The predicted octanol–water partition coefficient (Wildman–Crippen LogP) is -1.91. The van der Waals surface area contributed by atoms with Crippen molar-refractivity contribution >= 4 is 97.4 Å². The third-order valence-electron chi connectivity index (χ3n) is 0. The Morgan fingerprint density at radius 1 is 0.700 bits per heavy atom. The van der Waals surface area contributed by atoms with Crippen LogP contribution in [0.25, 0.3) is 0 Å². The molecule has 0 aliphatic heterocycles. The Kier molecular flexibility index (Phi) is 39.8. The predicted molar refractivity (Wildman–Crippen MR) is 30.5 cm³/mol. The van der Waals surface area contributed by atoms with E-state index in [4.69, 9.17) is 25.9 Å². The van der Waals surface area contributed by atoms with E-state index in [1.165, 1.54) is 0 Å². The van der Waals surface area contributed by atoms with Gasteiger partial charge in [0.15, 0.2) is 0 Å². The van der Waals surface area contributed by atoms with Gasteiger partial charge in [-0.2, -0.15) is 22.0 Å². The molecule has 0 heterocycles. The first-order valence-corrected chi connectivity index (χ1v) is 3.00. The summed E-state index contributed by atoms with van der Waals surface area (Å²) in [4.78, 5) is 0. The Hall–Kier alpha value is 2.34. The van der Waals surface area contributed by atoms with Crippen molar-refractivity contribution in [1.82, 2.24) is 0 Å². The van der Waals surface area contributed by atoms with Crippen molar-refractivity contribution in [2.24, 2.45) is 0 Å². The second-order valence-corrected chi connectivity index (χ2v) is 1.22. The molecule has 0 spiro atoms. The second kappa shape index (κ2) is 17.4. The minimum atomic E-state index is -3.11. The van der Waals surface area contributed by atoms with E-state index >= 15 is 0 Å². The molecule has 0 saturated carbocycles. The molecule has 0 N–H and O–H groups in total. The van der Waals surface area contributed by atoms with Gasteiger partial charge in [-0.1, -0.05) is 0 Å². The van der Waals surface area contributed by atoms with E-state index in [1.54, 1.807) is 0 Å². The van der Waals surface area contributed by atoms with Gasteiger partial charge >= 0.3 is 75.5 Å². The maximum atomic E-state index is 8.44. The van der Waals surface area contributed by atoms with Crippen LogP contribution >= 0.6 is 0 Å². The van der Waals surface area contributed by atoms with Crippen LogP contribution in [0.2, 0.25) is 0 Å². The van der Waals surface area contributed by atoms with Gasteiger partial charge in [-0.15, -0.1) is 0 Å². The first kappa shape index (κ1) is 22.8. The third-order valence-corrected chi connectivity index (χ3v) is 0. The molecule has 52 valence electrons. The largest absolute Gasteiger partial charge is 2.00 e. The maximum Gasteiger partial charge on any atom is 2.00 e. The molecule has 0 atom stereocenters. The van der Waals surface area contributed by atoms with E-state index in [-0.39, 0.29) is 75.5 Å². The van der Waals surface area contributed by atoms with Crippen LogP contribution in [0.3, 0.4) is 0 Å². The number of rotatable bonds is 0. The van der Waals surface area contributed by atoms with Gasteiger partial charge in [0.05, 0.1) is 0 Å². The van der Waals surface area contributed by atoms with Crippen LogP contribution in [0.5, 0.6) is 0 Å². The Bertz CT molecular complexity index is 131. The smallest absolute Gasteiger partial charge is 0.917 e. The molecular formula is Ca2O6S2. The van der Waals surface area contributed by atoms with Gasteiger partial charge < -0.3 is 25.9 Å². The Labute approximate surface area is 121 Å². The van der Waals surface area contributed by atoms with E-state index in [0.717, 1.165) is 0 Å². The van der Waals surface area contributed by atoms with Crippen LogP contribution in [0.4, 0.5) is 0 Å². The van der Waals surface area contributed by atoms with E-state index in [2.05, 4.69) is 0 Å². The summed E-state index contributed by atoms with van der Waals surface area (Å²) in [5.74, 6) is 0. The topological polar surface area (TPSA) is 114 Å². The van der Waals surface area contributed by atoms with Crippen LogP contribution in [0.15, 0.2) is 0 Å². The second-order valence-electron chi connectivity index (χ2n) is 0.408. The molecule has 0 aliphatic rings. The fraction of sp³-hybridized carbons (Fsp3) is 0. The van der Waals surface area contributed by atoms with Crippen LogP contribution in [-0.2, 0) is 38.8 Å². The molecule has 0 unspecified atom stereocenters. The Balaban J connectivity index is -0.0000000300. The summed E-state index contributed by atoms with van der Waals surface area (Å²) in [6.45, 7) is 0. The van der Waals surface area contributed by atoms with Crippen LogP contribution in [-0.4, -0.2) is 84.6 Å². The summed E-state index contributed by atoms with van der Waals surface area (Å²) in [5.41, 5.74) is 0. The van der Waals surface area contributed by atoms with Gasteiger partial charge in [0.1, 0.15) is 0 Å². The molecule has 0 bridgehead atoms. The first-order chi connectivity index (χ1) is 3.46. The average molecular weight is 240 g/mol. The molecule has 10 heteroatoms. The molecule has 0 aliphatic carbocycles. The van der Waals surface area contributed by atoms with Crippen molar-refractivity contribution in [2.45, 2.75) is 0 Å². The first-order valence-electron chi connectivity index (χ1n) is 1.00. The van der Waals surface area contributed by atoms with E-state index < -0.39 is 22.0 Å². The van der Waals surface area contributed by atoms with Gasteiger partial charge in [0.2, 0.25) is 0 Å². The molecule has 0 aromatic heterocycles. The SMILES string of the molecule is O=[S-](=O)[O-].O=[S-](=O)[O-].[Ca+2].[Ca+2]. The molecule has 0 amide bonds. The standard InChI is InChI=1S/2Ca.2O3S/c;;2*1-4(2)3/q2*+2;2*-2. The minimum absolute atomic E-state index is 0.